The average molecular weight is 343 g/mol. The standard InChI is InChI=1S/C20H29N3O2/c1-5-6-7-16-8-10-17(11-9-16)20(14(2)3)21-13-19(24)22-18-12-15(4)25-23-18/h8-12,14,20-21H,5-7,13H2,1-4H3,(H,22,23,24)/t20-/m0/s1. The molecule has 5 nitrogen and oxygen atoms in total. The van der Waals surface area contributed by atoms with Crippen molar-refractivity contribution in [3.63, 3.8) is 0 Å². The predicted molar refractivity (Wildman–Crippen MR) is 101 cm³/mol. The van der Waals surface area contributed by atoms with Gasteiger partial charge in [0.15, 0.2) is 5.82 Å². The van der Waals surface area contributed by atoms with E-state index in [1.807, 2.05) is 0 Å². The summed E-state index contributed by atoms with van der Waals surface area (Å²) in [5.41, 5.74) is 2.58. The number of hydrogen-bond donors (Lipinski definition) is 2. The number of hydrogen-bond acceptors (Lipinski definition) is 4. The van der Waals surface area contributed by atoms with Gasteiger partial charge in [-0.15, -0.1) is 0 Å². The molecule has 1 atom stereocenters. The highest BCUT2D eigenvalue weighted by Crippen LogP contribution is 2.22. The molecule has 1 aromatic heterocycles. The molecule has 2 aromatic rings. The van der Waals surface area contributed by atoms with Crippen LogP contribution >= 0.6 is 0 Å². The fourth-order valence-electron chi connectivity index (χ4n) is 2.83. The average Bonchev–Trinajstić information content (AvgIpc) is 2.98. The molecule has 0 aliphatic rings. The molecule has 0 aliphatic carbocycles. The molecule has 0 spiro atoms. The first-order chi connectivity index (χ1) is 12.0. The van der Waals surface area contributed by atoms with Gasteiger partial charge in [0.2, 0.25) is 5.91 Å². The summed E-state index contributed by atoms with van der Waals surface area (Å²) in [7, 11) is 0. The molecule has 1 aromatic carbocycles. The minimum absolute atomic E-state index is 0.126. The van der Waals surface area contributed by atoms with Crippen molar-refractivity contribution < 1.29 is 9.32 Å². The summed E-state index contributed by atoms with van der Waals surface area (Å²) >= 11 is 0. The predicted octanol–water partition coefficient (Wildman–Crippen LogP) is 4.25. The van der Waals surface area contributed by atoms with E-state index in [1.54, 1.807) is 13.0 Å². The van der Waals surface area contributed by atoms with E-state index < -0.39 is 0 Å². The number of nitrogens with one attached hydrogen (secondary N) is 2. The summed E-state index contributed by atoms with van der Waals surface area (Å²) < 4.78 is 4.95. The van der Waals surface area contributed by atoms with Gasteiger partial charge in [0.25, 0.3) is 0 Å². The number of nitrogens with zero attached hydrogens (tertiary/aromatic N) is 1. The van der Waals surface area contributed by atoms with Crippen LogP contribution in [0.2, 0.25) is 0 Å². The first-order valence-corrected chi connectivity index (χ1v) is 9.05. The Hall–Kier alpha value is -2.14. The van der Waals surface area contributed by atoms with Crippen molar-refractivity contribution in [1.29, 1.82) is 0 Å². The highest BCUT2D eigenvalue weighted by atomic mass is 16.5. The lowest BCUT2D eigenvalue weighted by molar-refractivity contribution is -0.115. The maximum absolute atomic E-state index is 12.1. The summed E-state index contributed by atoms with van der Waals surface area (Å²) in [4.78, 5) is 12.1. The number of benzene rings is 1. The molecule has 0 radical (unpaired) electrons. The fraction of sp³-hybridized carbons (Fsp3) is 0.500. The molecule has 1 heterocycles. The molecule has 5 heteroatoms. The summed E-state index contributed by atoms with van der Waals surface area (Å²) in [6, 6.07) is 10.6. The third kappa shape index (κ3) is 6.02. The van der Waals surface area contributed by atoms with Gasteiger partial charge in [0.1, 0.15) is 5.76 Å². The van der Waals surface area contributed by atoms with E-state index in [0.717, 1.165) is 6.42 Å². The highest BCUT2D eigenvalue weighted by molar-refractivity contribution is 5.91. The van der Waals surface area contributed by atoms with Crippen LogP contribution in [0.1, 0.15) is 56.5 Å². The van der Waals surface area contributed by atoms with Gasteiger partial charge in [-0.3, -0.25) is 4.79 Å². The van der Waals surface area contributed by atoms with E-state index in [1.165, 1.54) is 24.0 Å². The highest BCUT2D eigenvalue weighted by Gasteiger charge is 2.17. The largest absolute Gasteiger partial charge is 0.360 e. The molecule has 0 saturated heterocycles. The third-order valence-electron chi connectivity index (χ3n) is 4.20. The van der Waals surface area contributed by atoms with E-state index in [0.29, 0.717) is 17.5 Å². The molecule has 2 N–H and O–H groups in total. The zero-order valence-electron chi connectivity index (χ0n) is 15.6. The lowest BCUT2D eigenvalue weighted by Gasteiger charge is -2.23. The van der Waals surface area contributed by atoms with Gasteiger partial charge < -0.3 is 15.2 Å². The van der Waals surface area contributed by atoms with Crippen molar-refractivity contribution in [2.75, 3.05) is 11.9 Å². The van der Waals surface area contributed by atoms with Crippen LogP contribution in [-0.4, -0.2) is 17.6 Å². The Balaban J connectivity index is 1.92. The Bertz CT molecular complexity index is 662. The van der Waals surface area contributed by atoms with Crippen LogP contribution < -0.4 is 10.6 Å². The molecular weight excluding hydrogens is 314 g/mol. The number of carbonyl (C=O) groups excluding carboxylic acids is 1. The van der Waals surface area contributed by atoms with Crippen LogP contribution in [0.4, 0.5) is 5.82 Å². The SMILES string of the molecule is CCCCc1ccc([C@@H](NCC(=O)Nc2cc(C)on2)C(C)C)cc1. The molecule has 1 amide bonds. The van der Waals surface area contributed by atoms with Gasteiger partial charge >= 0.3 is 0 Å². The Morgan fingerprint density at radius 2 is 1.96 bits per heavy atom. The fourth-order valence-corrected chi connectivity index (χ4v) is 2.83. The molecule has 2 rings (SSSR count). The van der Waals surface area contributed by atoms with Gasteiger partial charge in [0.05, 0.1) is 6.54 Å². The van der Waals surface area contributed by atoms with Crippen LogP contribution in [0.15, 0.2) is 34.9 Å². The molecular formula is C20H29N3O2. The minimum atomic E-state index is -0.126. The molecule has 0 aliphatic heterocycles. The van der Waals surface area contributed by atoms with Crippen molar-refractivity contribution in [3.8, 4) is 0 Å². The van der Waals surface area contributed by atoms with Gasteiger partial charge in [-0.05, 0) is 36.8 Å². The van der Waals surface area contributed by atoms with Gasteiger partial charge in [-0.25, -0.2) is 0 Å². The zero-order valence-corrected chi connectivity index (χ0v) is 15.6. The number of aryl methyl sites for hydroxylation is 2. The molecule has 0 unspecified atom stereocenters. The monoisotopic (exact) mass is 343 g/mol. The van der Waals surface area contributed by atoms with E-state index in [9.17, 15) is 4.79 Å². The maximum atomic E-state index is 12.1. The van der Waals surface area contributed by atoms with Gasteiger partial charge in [-0.2, -0.15) is 0 Å². The molecule has 0 bridgehead atoms. The second kappa shape index (κ2) is 9.37. The minimum Gasteiger partial charge on any atom is -0.360 e. The van der Waals surface area contributed by atoms with Crippen LogP contribution in [0.3, 0.4) is 0 Å². The normalized spacial score (nSPS) is 12.4. The number of carbonyl (C=O) groups is 1. The smallest absolute Gasteiger partial charge is 0.239 e. The second-order valence-electron chi connectivity index (χ2n) is 6.82. The van der Waals surface area contributed by atoms with Crippen LogP contribution in [0.5, 0.6) is 0 Å². The maximum Gasteiger partial charge on any atom is 0.239 e. The van der Waals surface area contributed by atoms with Crippen molar-refractivity contribution in [2.45, 2.75) is 53.0 Å². The van der Waals surface area contributed by atoms with Crippen LogP contribution in [0, 0.1) is 12.8 Å². The quantitative estimate of drug-likeness (QED) is 0.714. The Morgan fingerprint density at radius 1 is 1.24 bits per heavy atom. The molecule has 0 saturated carbocycles. The van der Waals surface area contributed by atoms with E-state index in [2.05, 4.69) is 60.8 Å². The first kappa shape index (κ1) is 19.2. The molecule has 0 fully saturated rings. The first-order valence-electron chi connectivity index (χ1n) is 9.05. The summed E-state index contributed by atoms with van der Waals surface area (Å²) in [5.74, 6) is 1.37. The van der Waals surface area contributed by atoms with Crippen molar-refractivity contribution in [3.05, 3.63) is 47.2 Å². The number of unbranched alkanes of at least 4 members (excludes halogenated alkanes) is 1. The van der Waals surface area contributed by atoms with Gasteiger partial charge in [-0.1, -0.05) is 56.6 Å². The Kier molecular flexibility index (Phi) is 7.19. The Morgan fingerprint density at radius 3 is 2.52 bits per heavy atom. The van der Waals surface area contributed by atoms with E-state index >= 15 is 0 Å². The summed E-state index contributed by atoms with van der Waals surface area (Å²) in [6.45, 7) is 8.54. The number of amides is 1. The summed E-state index contributed by atoms with van der Waals surface area (Å²) in [5, 5.41) is 9.86. The van der Waals surface area contributed by atoms with E-state index in [-0.39, 0.29) is 18.5 Å². The second-order valence-corrected chi connectivity index (χ2v) is 6.82. The topological polar surface area (TPSA) is 67.2 Å². The number of anilines is 1. The van der Waals surface area contributed by atoms with Crippen molar-refractivity contribution in [2.24, 2.45) is 5.92 Å². The van der Waals surface area contributed by atoms with Crippen molar-refractivity contribution in [1.82, 2.24) is 10.5 Å². The van der Waals surface area contributed by atoms with Crippen molar-refractivity contribution >= 4 is 11.7 Å². The van der Waals surface area contributed by atoms with Crippen LogP contribution in [-0.2, 0) is 11.2 Å². The van der Waals surface area contributed by atoms with Gasteiger partial charge in [0, 0.05) is 12.1 Å². The Labute approximate surface area is 150 Å². The zero-order chi connectivity index (χ0) is 18.2. The summed E-state index contributed by atoms with van der Waals surface area (Å²) in [6.07, 6.45) is 3.54. The van der Waals surface area contributed by atoms with E-state index in [4.69, 9.17) is 4.52 Å². The lowest BCUT2D eigenvalue weighted by Crippen LogP contribution is -2.33. The number of aromatic nitrogens is 1. The molecule has 136 valence electrons. The third-order valence-corrected chi connectivity index (χ3v) is 4.20. The lowest BCUT2D eigenvalue weighted by atomic mass is 9.94. The van der Waals surface area contributed by atoms with Crippen LogP contribution in [0.25, 0.3) is 0 Å². The number of rotatable bonds is 9. The molecule has 25 heavy (non-hydrogen) atoms.